The molecule has 0 aliphatic rings. The van der Waals surface area contributed by atoms with Gasteiger partial charge in [-0.2, -0.15) is 15.0 Å². The predicted octanol–water partition coefficient (Wildman–Crippen LogP) is 2.49. The minimum Gasteiger partial charge on any atom is -0.396 e. The zero-order valence-corrected chi connectivity index (χ0v) is 15.1. The molecule has 2 aromatic rings. The molecule has 2 rings (SSSR count). The maximum absolute atomic E-state index is 9.09. The lowest BCUT2D eigenvalue weighted by molar-refractivity contribution is 0.213. The molecule has 4 N–H and O–H groups in total. The van der Waals surface area contributed by atoms with Crippen molar-refractivity contribution in [1.82, 2.24) is 19.9 Å². The normalized spacial score (nSPS) is 11.0. The second-order valence-corrected chi connectivity index (χ2v) is 6.08. The highest BCUT2D eigenvalue weighted by Gasteiger charge is 2.11. The molecule has 0 aliphatic heterocycles. The summed E-state index contributed by atoms with van der Waals surface area (Å²) in [6, 6.07) is 7.95. The largest absolute Gasteiger partial charge is 0.396 e. The van der Waals surface area contributed by atoms with Gasteiger partial charge in [-0.15, -0.1) is 0 Å². The number of hydrogen-bond acceptors (Lipinski definition) is 7. The fraction of sp³-hybridized carbons (Fsp3) is 0.500. The molecule has 0 bridgehead atoms. The van der Waals surface area contributed by atoms with E-state index in [-0.39, 0.29) is 12.6 Å². The van der Waals surface area contributed by atoms with Gasteiger partial charge in [0.2, 0.25) is 11.9 Å². The number of aliphatic hydroxyl groups is 1. The summed E-state index contributed by atoms with van der Waals surface area (Å²) >= 11 is 0. The molecule has 0 amide bonds. The van der Waals surface area contributed by atoms with Crippen LogP contribution in [-0.4, -0.2) is 44.7 Å². The van der Waals surface area contributed by atoms with E-state index < -0.39 is 0 Å². The minimum atomic E-state index is 0.183. The predicted molar refractivity (Wildman–Crippen MR) is 101 cm³/mol. The van der Waals surface area contributed by atoms with Gasteiger partial charge >= 0.3 is 0 Å². The molecule has 0 saturated heterocycles. The van der Waals surface area contributed by atoms with Crippen LogP contribution in [0, 0.1) is 6.92 Å². The van der Waals surface area contributed by atoms with Crippen LogP contribution in [0.5, 0.6) is 0 Å². The van der Waals surface area contributed by atoms with Gasteiger partial charge in [0.25, 0.3) is 0 Å². The van der Waals surface area contributed by atoms with Crippen LogP contribution in [0.2, 0.25) is 0 Å². The SMILES string of the molecule is CCCCN(CCCO)Cc1nc(N)nc(Nc2ccccc2C)n1. The van der Waals surface area contributed by atoms with Gasteiger partial charge in [0.1, 0.15) is 5.82 Å². The number of hydrogen-bond donors (Lipinski definition) is 3. The molecule has 0 radical (unpaired) electrons. The van der Waals surface area contributed by atoms with E-state index in [0.29, 0.717) is 18.3 Å². The average molecular weight is 344 g/mol. The Morgan fingerprint density at radius 2 is 1.88 bits per heavy atom. The molecule has 7 nitrogen and oxygen atoms in total. The molecule has 0 fully saturated rings. The number of rotatable bonds is 10. The number of unbranched alkanes of at least 4 members (excludes halogenated alkanes) is 1. The third-order valence-corrected chi connectivity index (χ3v) is 3.92. The summed E-state index contributed by atoms with van der Waals surface area (Å²) in [5.74, 6) is 1.30. The summed E-state index contributed by atoms with van der Waals surface area (Å²) in [5.41, 5.74) is 7.92. The van der Waals surface area contributed by atoms with Crippen LogP contribution in [0.3, 0.4) is 0 Å². The second kappa shape index (κ2) is 9.90. The molecule has 1 aromatic heterocycles. The molecule has 136 valence electrons. The third kappa shape index (κ3) is 6.28. The molecule has 0 saturated carbocycles. The van der Waals surface area contributed by atoms with Crippen molar-refractivity contribution in [3.05, 3.63) is 35.7 Å². The van der Waals surface area contributed by atoms with E-state index in [1.807, 2.05) is 31.2 Å². The number of para-hydroxylation sites is 1. The molecular weight excluding hydrogens is 316 g/mol. The van der Waals surface area contributed by atoms with Gasteiger partial charge in [-0.05, 0) is 37.9 Å². The van der Waals surface area contributed by atoms with Crippen LogP contribution in [-0.2, 0) is 6.54 Å². The van der Waals surface area contributed by atoms with Crippen molar-refractivity contribution in [3.8, 4) is 0 Å². The van der Waals surface area contributed by atoms with E-state index >= 15 is 0 Å². The van der Waals surface area contributed by atoms with Crippen LogP contribution in [0.4, 0.5) is 17.6 Å². The highest BCUT2D eigenvalue weighted by atomic mass is 16.3. The van der Waals surface area contributed by atoms with E-state index in [0.717, 1.165) is 43.6 Å². The smallest absolute Gasteiger partial charge is 0.232 e. The Morgan fingerprint density at radius 1 is 1.12 bits per heavy atom. The first-order valence-electron chi connectivity index (χ1n) is 8.78. The van der Waals surface area contributed by atoms with Crippen molar-refractivity contribution >= 4 is 17.6 Å². The Kier molecular flexibility index (Phi) is 7.56. The van der Waals surface area contributed by atoms with Crippen LogP contribution < -0.4 is 11.1 Å². The molecule has 0 unspecified atom stereocenters. The standard InChI is InChI=1S/C18H28N6O/c1-3-4-10-24(11-7-12-25)13-16-21-17(19)23-18(22-16)20-15-9-6-5-8-14(15)2/h5-6,8-9,25H,3-4,7,10-13H2,1-2H3,(H3,19,20,21,22,23). The van der Waals surface area contributed by atoms with E-state index in [9.17, 15) is 0 Å². The van der Waals surface area contributed by atoms with Gasteiger partial charge in [0, 0.05) is 18.8 Å². The van der Waals surface area contributed by atoms with E-state index in [4.69, 9.17) is 10.8 Å². The number of nitrogens with two attached hydrogens (primary N) is 1. The summed E-state index contributed by atoms with van der Waals surface area (Å²) in [7, 11) is 0. The number of anilines is 3. The van der Waals surface area contributed by atoms with Crippen LogP contribution >= 0.6 is 0 Å². The maximum atomic E-state index is 9.09. The molecule has 25 heavy (non-hydrogen) atoms. The quantitative estimate of drug-likeness (QED) is 0.609. The van der Waals surface area contributed by atoms with Crippen molar-refractivity contribution in [2.45, 2.75) is 39.7 Å². The highest BCUT2D eigenvalue weighted by molar-refractivity contribution is 5.58. The monoisotopic (exact) mass is 344 g/mol. The maximum Gasteiger partial charge on any atom is 0.232 e. The Hall–Kier alpha value is -2.25. The third-order valence-electron chi connectivity index (χ3n) is 3.92. The summed E-state index contributed by atoms with van der Waals surface area (Å²) in [5, 5.41) is 12.3. The number of aryl methyl sites for hydroxylation is 1. The van der Waals surface area contributed by atoms with Gasteiger partial charge in [-0.3, -0.25) is 4.90 Å². The number of nitrogens with zero attached hydrogens (tertiary/aromatic N) is 4. The van der Waals surface area contributed by atoms with E-state index in [1.54, 1.807) is 0 Å². The number of benzene rings is 1. The molecule has 0 spiro atoms. The Labute approximate surface area is 149 Å². The lowest BCUT2D eigenvalue weighted by Crippen LogP contribution is -2.27. The zero-order valence-electron chi connectivity index (χ0n) is 15.1. The summed E-state index contributed by atoms with van der Waals surface area (Å²) < 4.78 is 0. The van der Waals surface area contributed by atoms with Crippen LogP contribution in [0.15, 0.2) is 24.3 Å². The lowest BCUT2D eigenvalue weighted by atomic mass is 10.2. The first-order valence-corrected chi connectivity index (χ1v) is 8.78. The average Bonchev–Trinajstić information content (AvgIpc) is 2.59. The molecular formula is C18H28N6O. The lowest BCUT2D eigenvalue weighted by Gasteiger charge is -2.21. The molecule has 1 heterocycles. The Balaban J connectivity index is 2.12. The summed E-state index contributed by atoms with van der Waals surface area (Å²) in [6.07, 6.45) is 2.95. The van der Waals surface area contributed by atoms with Gasteiger partial charge < -0.3 is 16.2 Å². The van der Waals surface area contributed by atoms with Crippen molar-refractivity contribution < 1.29 is 5.11 Å². The van der Waals surface area contributed by atoms with Gasteiger partial charge in [-0.25, -0.2) is 0 Å². The van der Waals surface area contributed by atoms with Gasteiger partial charge in [-0.1, -0.05) is 31.5 Å². The summed E-state index contributed by atoms with van der Waals surface area (Å²) in [4.78, 5) is 15.2. The molecule has 1 aromatic carbocycles. The van der Waals surface area contributed by atoms with E-state index in [2.05, 4.69) is 32.1 Å². The minimum absolute atomic E-state index is 0.183. The fourth-order valence-electron chi connectivity index (χ4n) is 2.54. The van der Waals surface area contributed by atoms with Crippen molar-refractivity contribution in [1.29, 1.82) is 0 Å². The number of nitrogen functional groups attached to an aromatic ring is 1. The van der Waals surface area contributed by atoms with Gasteiger partial charge in [0.05, 0.1) is 6.54 Å². The van der Waals surface area contributed by atoms with Crippen molar-refractivity contribution in [2.24, 2.45) is 0 Å². The van der Waals surface area contributed by atoms with Crippen LogP contribution in [0.1, 0.15) is 37.6 Å². The first-order chi connectivity index (χ1) is 12.1. The van der Waals surface area contributed by atoms with Crippen molar-refractivity contribution in [3.63, 3.8) is 0 Å². The Bertz CT molecular complexity index is 656. The highest BCUT2D eigenvalue weighted by Crippen LogP contribution is 2.18. The molecule has 0 aliphatic carbocycles. The fourth-order valence-corrected chi connectivity index (χ4v) is 2.54. The number of aromatic nitrogens is 3. The van der Waals surface area contributed by atoms with E-state index in [1.165, 1.54) is 0 Å². The topological polar surface area (TPSA) is 100 Å². The first kappa shape index (κ1) is 19.1. The van der Waals surface area contributed by atoms with Gasteiger partial charge in [0.15, 0.2) is 0 Å². The molecule has 7 heteroatoms. The Morgan fingerprint density at radius 3 is 2.60 bits per heavy atom. The van der Waals surface area contributed by atoms with Crippen molar-refractivity contribution in [2.75, 3.05) is 30.7 Å². The summed E-state index contributed by atoms with van der Waals surface area (Å²) in [6.45, 7) is 6.72. The number of nitrogens with one attached hydrogen (secondary N) is 1. The number of aliphatic hydroxyl groups excluding tert-OH is 1. The zero-order chi connectivity index (χ0) is 18.1. The van der Waals surface area contributed by atoms with Crippen LogP contribution in [0.25, 0.3) is 0 Å². The second-order valence-electron chi connectivity index (χ2n) is 6.08. The molecule has 0 atom stereocenters.